The largest absolute Gasteiger partial charge is 0.467 e. The van der Waals surface area contributed by atoms with Gasteiger partial charge in [0.2, 0.25) is 0 Å². The van der Waals surface area contributed by atoms with Crippen molar-refractivity contribution in [3.8, 4) is 0 Å². The smallest absolute Gasteiger partial charge is 0.411 e. The molecule has 2 heterocycles. The summed E-state index contributed by atoms with van der Waals surface area (Å²) in [5, 5.41) is 12.1. The minimum Gasteiger partial charge on any atom is -0.467 e. The van der Waals surface area contributed by atoms with Crippen LogP contribution >= 0.6 is 0 Å². The molecule has 1 aromatic carbocycles. The van der Waals surface area contributed by atoms with E-state index in [1.54, 1.807) is 62.3 Å². The first-order valence-electron chi connectivity index (χ1n) is 18.6. The van der Waals surface area contributed by atoms with Crippen LogP contribution in [0.4, 0.5) is 14.4 Å². The Balaban J connectivity index is 0.000000297. The minimum atomic E-state index is -0.771. The number of fused-ring (bicyclic) bond motifs is 1. The molecule has 2 saturated heterocycles. The normalized spacial score (nSPS) is 19.4. The van der Waals surface area contributed by atoms with Crippen LogP contribution in [-0.4, -0.2) is 127 Å². The second-order valence-electron chi connectivity index (χ2n) is 16.4. The molecule has 1 aliphatic carbocycles. The van der Waals surface area contributed by atoms with E-state index in [2.05, 4.69) is 26.9 Å². The number of esters is 3. The summed E-state index contributed by atoms with van der Waals surface area (Å²) in [5.74, 6) is -1.39. The highest BCUT2D eigenvalue weighted by molar-refractivity contribution is 5.85. The van der Waals surface area contributed by atoms with E-state index in [-0.39, 0.29) is 18.9 Å². The Kier molecular flexibility index (Phi) is 17.2. The number of likely N-dealkylation sites (tertiary alicyclic amines) is 2. The highest BCUT2D eigenvalue weighted by Gasteiger charge is 2.42. The predicted molar refractivity (Wildman–Crippen MR) is 205 cm³/mol. The lowest BCUT2D eigenvalue weighted by atomic mass is 10.00. The molecule has 4 unspecified atom stereocenters. The zero-order chi connectivity index (χ0) is 42.6. The minimum absolute atomic E-state index is 0.0919. The fraction of sp³-hybridized carbons (Fsp3) is 0.650. The van der Waals surface area contributed by atoms with Crippen molar-refractivity contribution in [1.29, 1.82) is 0 Å². The van der Waals surface area contributed by atoms with Crippen LogP contribution < -0.4 is 5.32 Å². The number of aliphatic hydroxyl groups is 1. The van der Waals surface area contributed by atoms with Gasteiger partial charge in [-0.1, -0.05) is 30.3 Å². The van der Waals surface area contributed by atoms with Crippen molar-refractivity contribution in [3.05, 3.63) is 41.5 Å². The SMILES string of the molecule is COC(=O)C(CC1=CCc2ccccc21)NC(=O)OC(C)(C)C.COC(=O)C1CC(O)CN1C(=O)OC(C)(C)C.COC(=O)C1CCCN1C(=O)OC(C)(C)C. The molecule has 56 heavy (non-hydrogen) atoms. The number of β-amino-alcohol motifs (C(OH)–C–C–N with tert-alkyl or cyclic N) is 1. The number of rotatable bonds is 6. The second kappa shape index (κ2) is 20.3. The van der Waals surface area contributed by atoms with E-state index in [1.165, 1.54) is 36.7 Å². The van der Waals surface area contributed by atoms with Crippen molar-refractivity contribution in [2.24, 2.45) is 0 Å². The number of carbonyl (C=O) groups is 6. The van der Waals surface area contributed by atoms with Crippen molar-refractivity contribution >= 4 is 41.8 Å². The van der Waals surface area contributed by atoms with Gasteiger partial charge in [-0.25, -0.2) is 28.8 Å². The van der Waals surface area contributed by atoms with Gasteiger partial charge in [0.25, 0.3) is 0 Å². The van der Waals surface area contributed by atoms with Crippen LogP contribution in [0.3, 0.4) is 0 Å². The van der Waals surface area contributed by atoms with Crippen LogP contribution in [0.25, 0.3) is 5.57 Å². The Hall–Kier alpha value is -4.86. The number of aliphatic hydroxyl groups excluding tert-OH is 1. The summed E-state index contributed by atoms with van der Waals surface area (Å²) in [6.07, 6.45) is 2.54. The molecule has 4 rings (SSSR count). The van der Waals surface area contributed by atoms with Crippen molar-refractivity contribution in [2.45, 2.75) is 135 Å². The van der Waals surface area contributed by atoms with E-state index in [1.807, 2.05) is 18.2 Å². The van der Waals surface area contributed by atoms with Gasteiger partial charge in [-0.2, -0.15) is 0 Å². The molecule has 16 nitrogen and oxygen atoms in total. The Morgan fingerprint density at radius 3 is 1.84 bits per heavy atom. The molecule has 16 heteroatoms. The van der Waals surface area contributed by atoms with E-state index < -0.39 is 71.3 Å². The maximum Gasteiger partial charge on any atom is 0.411 e. The van der Waals surface area contributed by atoms with Crippen LogP contribution in [-0.2, 0) is 49.2 Å². The predicted octanol–water partition coefficient (Wildman–Crippen LogP) is 5.17. The molecule has 0 spiro atoms. The van der Waals surface area contributed by atoms with Gasteiger partial charge in [0.05, 0.1) is 34.0 Å². The zero-order valence-corrected chi connectivity index (χ0v) is 34.9. The topological polar surface area (TPSA) is 197 Å². The number of benzene rings is 1. The Bertz CT molecular complexity index is 1570. The van der Waals surface area contributed by atoms with Crippen LogP contribution in [0.1, 0.15) is 99.1 Å². The molecule has 1 aromatic rings. The zero-order valence-electron chi connectivity index (χ0n) is 34.9. The number of alkyl carbamates (subject to hydrolysis) is 1. The number of nitrogens with one attached hydrogen (secondary N) is 1. The van der Waals surface area contributed by atoms with E-state index in [9.17, 15) is 33.9 Å². The Morgan fingerprint density at radius 2 is 1.30 bits per heavy atom. The van der Waals surface area contributed by atoms with Crippen molar-refractivity contribution in [3.63, 3.8) is 0 Å². The second-order valence-corrected chi connectivity index (χ2v) is 16.4. The van der Waals surface area contributed by atoms with E-state index >= 15 is 0 Å². The molecule has 0 radical (unpaired) electrons. The average Bonchev–Trinajstić information content (AvgIpc) is 3.84. The summed E-state index contributed by atoms with van der Waals surface area (Å²) in [6.45, 7) is 16.6. The molecule has 2 N–H and O–H groups in total. The number of methoxy groups -OCH3 is 3. The third-order valence-electron chi connectivity index (χ3n) is 8.27. The molecule has 0 aromatic heterocycles. The first-order valence-corrected chi connectivity index (χ1v) is 18.6. The first kappa shape index (κ1) is 47.3. The maximum absolute atomic E-state index is 12.0. The molecule has 3 aliphatic rings. The Labute approximate surface area is 330 Å². The van der Waals surface area contributed by atoms with Gasteiger partial charge in [0.15, 0.2) is 0 Å². The van der Waals surface area contributed by atoms with Crippen LogP contribution in [0, 0.1) is 0 Å². The molecular formula is C40H61N3O13. The van der Waals surface area contributed by atoms with Gasteiger partial charge in [0.1, 0.15) is 34.9 Å². The lowest BCUT2D eigenvalue weighted by Crippen LogP contribution is -2.44. The number of carbonyl (C=O) groups excluding carboxylic acids is 6. The summed E-state index contributed by atoms with van der Waals surface area (Å²) in [5.41, 5.74) is 1.58. The fourth-order valence-electron chi connectivity index (χ4n) is 5.94. The molecule has 314 valence electrons. The lowest BCUT2D eigenvalue weighted by molar-refractivity contribution is -0.146. The molecule has 4 atom stereocenters. The number of hydrogen-bond donors (Lipinski definition) is 2. The molecule has 2 fully saturated rings. The standard InChI is InChI=1S/C18H23NO4.C11H19NO5.C11H19NO4/c1-18(2,3)23-17(21)19-15(16(20)22-4)11-13-10-9-12-7-5-6-8-14(12)13;1-11(2,3)17-10(15)12-6-7(13)5-8(12)9(14)16-4;1-11(2,3)16-10(14)12-7-5-6-8(12)9(13)15-4/h5-8,10,15H,9,11H2,1-4H3,(H,19,21);7-8,13H,5-6H2,1-4H3;8H,5-7H2,1-4H3. The number of nitrogens with zero attached hydrogens (tertiary/aromatic N) is 2. The number of ether oxygens (including phenoxy) is 6. The maximum atomic E-state index is 12.0. The highest BCUT2D eigenvalue weighted by atomic mass is 16.6. The molecule has 0 bridgehead atoms. The molecular weight excluding hydrogens is 730 g/mol. The fourth-order valence-corrected chi connectivity index (χ4v) is 5.94. The lowest BCUT2D eigenvalue weighted by Gasteiger charge is -2.27. The number of hydrogen-bond acceptors (Lipinski definition) is 13. The average molecular weight is 792 g/mol. The third kappa shape index (κ3) is 15.3. The van der Waals surface area contributed by atoms with Gasteiger partial charge >= 0.3 is 36.2 Å². The van der Waals surface area contributed by atoms with Gasteiger partial charge in [-0.15, -0.1) is 0 Å². The highest BCUT2D eigenvalue weighted by Crippen LogP contribution is 2.31. The third-order valence-corrected chi connectivity index (χ3v) is 8.27. The van der Waals surface area contributed by atoms with E-state index in [0.717, 1.165) is 24.0 Å². The van der Waals surface area contributed by atoms with Gasteiger partial charge < -0.3 is 38.8 Å². The number of amides is 3. The van der Waals surface area contributed by atoms with Gasteiger partial charge in [-0.3, -0.25) is 9.80 Å². The summed E-state index contributed by atoms with van der Waals surface area (Å²) >= 11 is 0. The first-order chi connectivity index (χ1) is 25.9. The van der Waals surface area contributed by atoms with Crippen LogP contribution in [0.5, 0.6) is 0 Å². The van der Waals surface area contributed by atoms with Crippen molar-refractivity contribution in [1.82, 2.24) is 15.1 Å². The van der Waals surface area contributed by atoms with Crippen molar-refractivity contribution < 1.29 is 62.3 Å². The van der Waals surface area contributed by atoms with Crippen LogP contribution in [0.2, 0.25) is 0 Å². The Morgan fingerprint density at radius 1 is 0.768 bits per heavy atom. The molecule has 2 aliphatic heterocycles. The molecule has 0 saturated carbocycles. The summed E-state index contributed by atoms with van der Waals surface area (Å²) in [7, 11) is 3.89. The monoisotopic (exact) mass is 791 g/mol. The summed E-state index contributed by atoms with van der Waals surface area (Å²) < 4.78 is 29.7. The summed E-state index contributed by atoms with van der Waals surface area (Å²) in [6, 6.07) is 6.03. The van der Waals surface area contributed by atoms with Gasteiger partial charge in [0, 0.05) is 19.4 Å². The quantitative estimate of drug-likeness (QED) is 0.283. The van der Waals surface area contributed by atoms with E-state index in [4.69, 9.17) is 18.9 Å². The van der Waals surface area contributed by atoms with Gasteiger partial charge in [-0.05, 0) is 98.3 Å². The number of allylic oxidation sites excluding steroid dienone is 1. The molecule has 3 amide bonds. The van der Waals surface area contributed by atoms with E-state index in [0.29, 0.717) is 19.4 Å². The summed E-state index contributed by atoms with van der Waals surface area (Å²) in [4.78, 5) is 73.1. The van der Waals surface area contributed by atoms with Crippen LogP contribution in [0.15, 0.2) is 30.3 Å². The van der Waals surface area contributed by atoms with Crippen molar-refractivity contribution in [2.75, 3.05) is 34.4 Å².